The molecule has 3 aromatic rings. The van der Waals surface area contributed by atoms with Crippen LogP contribution in [0.1, 0.15) is 42.8 Å². The van der Waals surface area contributed by atoms with Crippen molar-refractivity contribution in [3.63, 3.8) is 0 Å². The summed E-state index contributed by atoms with van der Waals surface area (Å²) in [6.07, 6.45) is 0.653. The molecule has 0 N–H and O–H groups in total. The molecule has 0 atom stereocenters. The molecular formula is C23H25N5O3S. The Morgan fingerprint density at radius 2 is 1.84 bits per heavy atom. The van der Waals surface area contributed by atoms with Gasteiger partial charge in [-0.15, -0.1) is 11.3 Å². The lowest BCUT2D eigenvalue weighted by Gasteiger charge is -2.29. The number of morpholine rings is 1. The summed E-state index contributed by atoms with van der Waals surface area (Å²) in [5.74, 6) is -0.184. The topological polar surface area (TPSA) is 80.6 Å². The zero-order valence-electron chi connectivity index (χ0n) is 18.0. The van der Waals surface area contributed by atoms with Crippen LogP contribution in [0.5, 0.6) is 0 Å². The molecule has 8 nitrogen and oxygen atoms in total. The summed E-state index contributed by atoms with van der Waals surface area (Å²) in [7, 11) is 0. The second-order valence-corrected chi connectivity index (χ2v) is 9.11. The molecule has 2 aliphatic heterocycles. The highest BCUT2D eigenvalue weighted by Crippen LogP contribution is 2.26. The van der Waals surface area contributed by atoms with E-state index in [2.05, 4.69) is 17.1 Å². The van der Waals surface area contributed by atoms with E-state index in [0.717, 1.165) is 21.8 Å². The van der Waals surface area contributed by atoms with E-state index < -0.39 is 0 Å². The molecule has 2 aliphatic rings. The van der Waals surface area contributed by atoms with Crippen molar-refractivity contribution < 1.29 is 14.3 Å². The molecule has 1 saturated heterocycles. The molecule has 0 bridgehead atoms. The van der Waals surface area contributed by atoms with E-state index in [1.807, 2.05) is 29.8 Å². The number of hydrogen-bond acceptors (Lipinski definition) is 6. The van der Waals surface area contributed by atoms with Crippen molar-refractivity contribution in [3.05, 3.63) is 68.9 Å². The fraction of sp³-hybridized carbons (Fsp3) is 0.391. The third-order valence-electron chi connectivity index (χ3n) is 5.94. The highest BCUT2D eigenvalue weighted by molar-refractivity contribution is 7.09. The predicted molar refractivity (Wildman–Crippen MR) is 120 cm³/mol. The average molecular weight is 452 g/mol. The second kappa shape index (κ2) is 8.84. The molecule has 32 heavy (non-hydrogen) atoms. The Labute approximate surface area is 190 Å². The Hall–Kier alpha value is -3.04. The van der Waals surface area contributed by atoms with Crippen LogP contribution >= 0.6 is 11.3 Å². The van der Waals surface area contributed by atoms with Gasteiger partial charge in [-0.25, -0.2) is 4.98 Å². The number of aromatic nitrogens is 3. The summed E-state index contributed by atoms with van der Waals surface area (Å²) in [4.78, 5) is 34.3. The Bertz CT molecular complexity index is 1130. The monoisotopic (exact) mass is 451 g/mol. The van der Waals surface area contributed by atoms with Crippen LogP contribution in [0.2, 0.25) is 0 Å². The van der Waals surface area contributed by atoms with Gasteiger partial charge >= 0.3 is 0 Å². The van der Waals surface area contributed by atoms with Crippen LogP contribution < -0.4 is 0 Å². The van der Waals surface area contributed by atoms with Crippen LogP contribution in [0, 0.1) is 6.92 Å². The van der Waals surface area contributed by atoms with Crippen LogP contribution in [0.4, 0.5) is 0 Å². The summed E-state index contributed by atoms with van der Waals surface area (Å²) in [5.41, 5.74) is 3.92. The van der Waals surface area contributed by atoms with Crippen LogP contribution in [-0.2, 0) is 24.2 Å². The molecule has 0 spiro atoms. The summed E-state index contributed by atoms with van der Waals surface area (Å²) in [5, 5.41) is 7.43. The van der Waals surface area contributed by atoms with Gasteiger partial charge in [-0.1, -0.05) is 30.3 Å². The van der Waals surface area contributed by atoms with Crippen LogP contribution in [0.25, 0.3) is 0 Å². The Kier molecular flexibility index (Phi) is 5.75. The van der Waals surface area contributed by atoms with E-state index >= 15 is 0 Å². The first-order valence-corrected chi connectivity index (χ1v) is 11.7. The van der Waals surface area contributed by atoms with Crippen LogP contribution in [-0.4, -0.2) is 69.2 Å². The highest BCUT2D eigenvalue weighted by atomic mass is 32.1. The fourth-order valence-corrected chi connectivity index (χ4v) is 4.85. The lowest BCUT2D eigenvalue weighted by molar-refractivity contribution is 0.0296. The van der Waals surface area contributed by atoms with Gasteiger partial charge in [0.1, 0.15) is 5.69 Å². The molecule has 4 heterocycles. The van der Waals surface area contributed by atoms with Gasteiger partial charge in [0.15, 0.2) is 5.69 Å². The third-order valence-corrected chi connectivity index (χ3v) is 6.71. The minimum atomic E-state index is -0.0967. The lowest BCUT2D eigenvalue weighted by atomic mass is 10.0. The first-order valence-electron chi connectivity index (χ1n) is 10.8. The van der Waals surface area contributed by atoms with Gasteiger partial charge in [0.2, 0.25) is 0 Å². The summed E-state index contributed by atoms with van der Waals surface area (Å²) in [6, 6.07) is 10.1. The van der Waals surface area contributed by atoms with Gasteiger partial charge in [0.05, 0.1) is 31.3 Å². The van der Waals surface area contributed by atoms with E-state index in [-0.39, 0.29) is 11.8 Å². The maximum absolute atomic E-state index is 13.4. The maximum Gasteiger partial charge on any atom is 0.274 e. The minimum Gasteiger partial charge on any atom is -0.378 e. The van der Waals surface area contributed by atoms with Crippen molar-refractivity contribution >= 4 is 23.2 Å². The third kappa shape index (κ3) is 4.05. The lowest BCUT2D eigenvalue weighted by Crippen LogP contribution is -2.42. The zero-order valence-corrected chi connectivity index (χ0v) is 18.8. The summed E-state index contributed by atoms with van der Waals surface area (Å²) < 4.78 is 7.34. The van der Waals surface area contributed by atoms with E-state index in [9.17, 15) is 9.59 Å². The van der Waals surface area contributed by atoms with E-state index in [0.29, 0.717) is 63.7 Å². The number of benzene rings is 1. The number of amides is 2. The highest BCUT2D eigenvalue weighted by Gasteiger charge is 2.33. The predicted octanol–water partition coefficient (Wildman–Crippen LogP) is 2.37. The molecular weight excluding hydrogens is 426 g/mol. The molecule has 0 unspecified atom stereocenters. The number of hydrogen-bond donors (Lipinski definition) is 0. The molecule has 2 aromatic heterocycles. The number of fused-ring (bicyclic) bond motifs is 1. The molecule has 9 heteroatoms. The minimum absolute atomic E-state index is 0.0878. The number of carbonyl (C=O) groups is 2. The number of carbonyl (C=O) groups excluding carboxylic acids is 2. The zero-order chi connectivity index (χ0) is 22.1. The normalized spacial score (nSPS) is 16.2. The molecule has 0 saturated carbocycles. The van der Waals surface area contributed by atoms with Gasteiger partial charge < -0.3 is 14.5 Å². The summed E-state index contributed by atoms with van der Waals surface area (Å²) in [6.45, 7) is 5.61. The first-order chi connectivity index (χ1) is 15.6. The van der Waals surface area contributed by atoms with Crippen LogP contribution in [0.15, 0.2) is 35.7 Å². The molecule has 5 rings (SSSR count). The van der Waals surface area contributed by atoms with Gasteiger partial charge in [0, 0.05) is 42.7 Å². The maximum atomic E-state index is 13.4. The molecule has 166 valence electrons. The molecule has 1 aromatic carbocycles. The summed E-state index contributed by atoms with van der Waals surface area (Å²) >= 11 is 1.47. The standard InChI is InChI=1S/C23H25N5O3S/c1-16-24-19(15-32-16)22(29)27-8-7-20-18(14-27)21(23(30)26-9-11-31-12-10-26)25-28(20)13-17-5-3-2-4-6-17/h2-6,15H,7-14H2,1H3. The van der Waals surface area contributed by atoms with Crippen molar-refractivity contribution in [2.75, 3.05) is 32.8 Å². The van der Waals surface area contributed by atoms with Crippen molar-refractivity contribution in [3.8, 4) is 0 Å². The quantitative estimate of drug-likeness (QED) is 0.608. The first kappa shape index (κ1) is 20.8. The van der Waals surface area contributed by atoms with E-state index in [4.69, 9.17) is 9.84 Å². The van der Waals surface area contributed by atoms with Gasteiger partial charge in [-0.3, -0.25) is 14.3 Å². The van der Waals surface area contributed by atoms with Crippen molar-refractivity contribution in [1.82, 2.24) is 24.6 Å². The Balaban J connectivity index is 1.47. The van der Waals surface area contributed by atoms with Gasteiger partial charge in [-0.05, 0) is 12.5 Å². The Morgan fingerprint density at radius 1 is 1.06 bits per heavy atom. The SMILES string of the molecule is Cc1nc(C(=O)N2CCc3c(c(C(=O)N4CCOCC4)nn3Cc3ccccc3)C2)cs1. The largest absolute Gasteiger partial charge is 0.378 e. The van der Waals surface area contributed by atoms with E-state index in [1.165, 1.54) is 11.3 Å². The molecule has 0 aliphatic carbocycles. The van der Waals surface area contributed by atoms with Crippen molar-refractivity contribution in [2.24, 2.45) is 0 Å². The van der Waals surface area contributed by atoms with Crippen molar-refractivity contribution in [2.45, 2.75) is 26.4 Å². The number of thiazole rings is 1. The molecule has 2 amide bonds. The Morgan fingerprint density at radius 3 is 2.56 bits per heavy atom. The van der Waals surface area contributed by atoms with Gasteiger partial charge in [0.25, 0.3) is 11.8 Å². The number of rotatable bonds is 4. The number of nitrogens with zero attached hydrogens (tertiary/aromatic N) is 5. The smallest absolute Gasteiger partial charge is 0.274 e. The fourth-order valence-electron chi connectivity index (χ4n) is 4.26. The van der Waals surface area contributed by atoms with Crippen molar-refractivity contribution in [1.29, 1.82) is 0 Å². The molecule has 1 fully saturated rings. The second-order valence-electron chi connectivity index (χ2n) is 8.05. The average Bonchev–Trinajstić information content (AvgIpc) is 3.43. The number of ether oxygens (including phenoxy) is 1. The molecule has 0 radical (unpaired) electrons. The van der Waals surface area contributed by atoms with Gasteiger partial charge in [-0.2, -0.15) is 5.10 Å². The van der Waals surface area contributed by atoms with E-state index in [1.54, 1.807) is 15.2 Å². The number of aryl methyl sites for hydroxylation is 1. The van der Waals surface area contributed by atoms with Crippen LogP contribution in [0.3, 0.4) is 0 Å².